The normalized spacial score (nSPS) is 14.6. The number of nitrogen functional groups attached to an aromatic ring is 1. The summed E-state index contributed by atoms with van der Waals surface area (Å²) in [5.74, 6) is 0.170. The Morgan fingerprint density at radius 1 is 1.19 bits per heavy atom. The molecule has 1 atom stereocenters. The van der Waals surface area contributed by atoms with Crippen LogP contribution in [0.2, 0.25) is 5.02 Å². The van der Waals surface area contributed by atoms with Crippen LogP contribution in [-0.4, -0.2) is 19.3 Å². The van der Waals surface area contributed by atoms with E-state index in [-0.39, 0.29) is 16.3 Å². The van der Waals surface area contributed by atoms with Crippen molar-refractivity contribution in [3.63, 3.8) is 0 Å². The van der Waals surface area contributed by atoms with Crippen molar-refractivity contribution in [2.75, 3.05) is 11.1 Å². The molecule has 2 heterocycles. The van der Waals surface area contributed by atoms with Crippen molar-refractivity contribution in [2.45, 2.75) is 17.9 Å². The number of nitrogens with one attached hydrogen (secondary N) is 1. The van der Waals surface area contributed by atoms with E-state index in [2.05, 4.69) is 10.3 Å². The largest absolute Gasteiger partial charge is 0.482 e. The predicted octanol–water partition coefficient (Wildman–Crippen LogP) is 4.47. The van der Waals surface area contributed by atoms with Gasteiger partial charge in [0.15, 0.2) is 21.4 Å². The number of fused-ring (bicyclic) bond motifs is 1. The van der Waals surface area contributed by atoms with Crippen molar-refractivity contribution < 1.29 is 17.9 Å². The number of sulfone groups is 1. The Bertz CT molecular complexity index is 1320. The molecule has 7 nitrogen and oxygen atoms in total. The van der Waals surface area contributed by atoms with Gasteiger partial charge in [0.2, 0.25) is 0 Å². The minimum Gasteiger partial charge on any atom is -0.482 e. The van der Waals surface area contributed by atoms with Gasteiger partial charge in [0.25, 0.3) is 5.91 Å². The summed E-state index contributed by atoms with van der Waals surface area (Å²) in [5.41, 5.74) is 7.98. The average Bonchev–Trinajstić information content (AvgIpc) is 3.05. The summed E-state index contributed by atoms with van der Waals surface area (Å²) in [7, 11) is -3.49. The summed E-state index contributed by atoms with van der Waals surface area (Å²) in [4.78, 5) is 16.8. The molecular weight excluding hydrogens is 438 g/mol. The van der Waals surface area contributed by atoms with Gasteiger partial charge in [-0.2, -0.15) is 0 Å². The van der Waals surface area contributed by atoms with Crippen LogP contribution in [0.25, 0.3) is 6.08 Å². The van der Waals surface area contributed by atoms with Gasteiger partial charge in [-0.25, -0.2) is 13.4 Å². The second-order valence-electron chi connectivity index (χ2n) is 6.98. The molecule has 1 aromatic heterocycles. The standard InChI is InChI=1S/C22H18ClN3O4S/c1-13(30-19-11-17(23)12-25-21(19)24)15-3-2-4-18(9-15)26-22(27)16-6-5-14-7-8-31(28,29)20(14)10-16/h2-13H,1H3,(H2,24,25)(H,26,27)/t13-/m1/s1. The summed E-state index contributed by atoms with van der Waals surface area (Å²) >= 11 is 5.95. The molecule has 0 radical (unpaired) electrons. The molecule has 158 valence electrons. The minimum absolute atomic E-state index is 0.128. The van der Waals surface area contributed by atoms with E-state index in [1.807, 2.05) is 13.0 Å². The van der Waals surface area contributed by atoms with Crippen LogP contribution >= 0.6 is 11.6 Å². The van der Waals surface area contributed by atoms with E-state index in [0.717, 1.165) is 11.0 Å². The molecule has 0 unspecified atom stereocenters. The summed E-state index contributed by atoms with van der Waals surface area (Å²) in [6.45, 7) is 1.83. The molecule has 31 heavy (non-hydrogen) atoms. The quantitative estimate of drug-likeness (QED) is 0.587. The van der Waals surface area contributed by atoms with Crippen molar-refractivity contribution in [1.29, 1.82) is 0 Å². The summed E-state index contributed by atoms with van der Waals surface area (Å²) in [6, 6.07) is 13.3. The van der Waals surface area contributed by atoms with Gasteiger partial charge in [0.05, 0.1) is 9.92 Å². The first kappa shape index (κ1) is 20.9. The Kier molecular flexibility index (Phi) is 5.43. The van der Waals surface area contributed by atoms with E-state index in [0.29, 0.717) is 22.0 Å². The van der Waals surface area contributed by atoms with Gasteiger partial charge in [0, 0.05) is 28.9 Å². The van der Waals surface area contributed by atoms with Gasteiger partial charge < -0.3 is 15.8 Å². The molecule has 0 saturated carbocycles. The number of carbonyl (C=O) groups is 1. The maximum absolute atomic E-state index is 12.7. The molecule has 9 heteroatoms. The van der Waals surface area contributed by atoms with Gasteiger partial charge in [-0.05, 0) is 48.4 Å². The fraction of sp³-hybridized carbons (Fsp3) is 0.0909. The van der Waals surface area contributed by atoms with Gasteiger partial charge in [0.1, 0.15) is 6.10 Å². The van der Waals surface area contributed by atoms with Crippen molar-refractivity contribution in [1.82, 2.24) is 4.98 Å². The van der Waals surface area contributed by atoms with E-state index >= 15 is 0 Å². The number of rotatable bonds is 5. The minimum atomic E-state index is -3.49. The van der Waals surface area contributed by atoms with Crippen molar-refractivity contribution >= 4 is 44.9 Å². The fourth-order valence-corrected chi connectivity index (χ4v) is 4.53. The van der Waals surface area contributed by atoms with Crippen LogP contribution in [0.15, 0.2) is 65.0 Å². The Balaban J connectivity index is 1.51. The highest BCUT2D eigenvalue weighted by Gasteiger charge is 2.22. The van der Waals surface area contributed by atoms with E-state index in [4.69, 9.17) is 22.1 Å². The summed E-state index contributed by atoms with van der Waals surface area (Å²) in [6.07, 6.45) is 2.56. The van der Waals surface area contributed by atoms with Crippen LogP contribution in [0.4, 0.5) is 11.5 Å². The SMILES string of the molecule is C[C@@H](Oc1cc(Cl)cnc1N)c1cccc(NC(=O)c2ccc3c(c2)S(=O)(=O)C=C3)c1. The number of nitrogens with zero attached hydrogens (tertiary/aromatic N) is 1. The van der Waals surface area contributed by atoms with Crippen LogP contribution in [0, 0.1) is 0 Å². The second-order valence-corrected chi connectivity index (χ2v) is 9.22. The van der Waals surface area contributed by atoms with Gasteiger partial charge in [-0.1, -0.05) is 29.8 Å². The molecule has 1 amide bonds. The number of anilines is 2. The lowest BCUT2D eigenvalue weighted by atomic mass is 10.1. The lowest BCUT2D eigenvalue weighted by molar-refractivity contribution is 0.102. The maximum atomic E-state index is 12.7. The van der Waals surface area contributed by atoms with E-state index in [1.54, 1.807) is 36.4 Å². The predicted molar refractivity (Wildman–Crippen MR) is 120 cm³/mol. The number of pyridine rings is 1. The van der Waals surface area contributed by atoms with E-state index in [1.165, 1.54) is 18.3 Å². The number of hydrogen-bond acceptors (Lipinski definition) is 6. The first-order valence-corrected chi connectivity index (χ1v) is 11.2. The number of carbonyl (C=O) groups excluding carboxylic acids is 1. The monoisotopic (exact) mass is 455 g/mol. The van der Waals surface area contributed by atoms with E-state index < -0.39 is 21.8 Å². The molecule has 1 aliphatic heterocycles. The highest BCUT2D eigenvalue weighted by Crippen LogP contribution is 2.30. The van der Waals surface area contributed by atoms with Crippen molar-refractivity contribution in [3.8, 4) is 5.75 Å². The Morgan fingerprint density at radius 3 is 2.81 bits per heavy atom. The molecular formula is C22H18ClN3O4S. The van der Waals surface area contributed by atoms with Gasteiger partial charge >= 0.3 is 0 Å². The lowest BCUT2D eigenvalue weighted by Crippen LogP contribution is -2.13. The molecule has 1 aliphatic rings. The number of amides is 1. The highest BCUT2D eigenvalue weighted by atomic mass is 35.5. The lowest BCUT2D eigenvalue weighted by Gasteiger charge is -2.17. The molecule has 4 rings (SSSR count). The third-order valence-electron chi connectivity index (χ3n) is 4.78. The molecule has 0 saturated heterocycles. The topological polar surface area (TPSA) is 111 Å². The van der Waals surface area contributed by atoms with Crippen LogP contribution in [-0.2, 0) is 9.84 Å². The molecule has 2 aromatic carbocycles. The first-order chi connectivity index (χ1) is 14.7. The molecule has 0 aliphatic carbocycles. The Labute approximate surface area is 184 Å². The number of ether oxygens (including phenoxy) is 1. The second kappa shape index (κ2) is 8.05. The zero-order valence-corrected chi connectivity index (χ0v) is 17.9. The highest BCUT2D eigenvalue weighted by molar-refractivity contribution is 7.94. The molecule has 3 N–H and O–H groups in total. The summed E-state index contributed by atoms with van der Waals surface area (Å²) in [5, 5.41) is 4.33. The summed E-state index contributed by atoms with van der Waals surface area (Å²) < 4.78 is 30.0. The van der Waals surface area contributed by atoms with Crippen LogP contribution in [0.5, 0.6) is 5.75 Å². The Hall–Kier alpha value is -3.36. The van der Waals surface area contributed by atoms with Crippen molar-refractivity contribution in [3.05, 3.63) is 81.8 Å². The molecule has 0 fully saturated rings. The zero-order chi connectivity index (χ0) is 22.2. The van der Waals surface area contributed by atoms with E-state index in [9.17, 15) is 13.2 Å². The van der Waals surface area contributed by atoms with Crippen LogP contribution in [0.3, 0.4) is 0 Å². The zero-order valence-electron chi connectivity index (χ0n) is 16.4. The van der Waals surface area contributed by atoms with Gasteiger partial charge in [-0.3, -0.25) is 4.79 Å². The maximum Gasteiger partial charge on any atom is 0.255 e. The number of nitrogens with two attached hydrogens (primary N) is 1. The van der Waals surface area contributed by atoms with Crippen molar-refractivity contribution in [2.24, 2.45) is 0 Å². The first-order valence-electron chi connectivity index (χ1n) is 9.29. The number of halogens is 1. The molecule has 0 spiro atoms. The molecule has 3 aromatic rings. The number of aromatic nitrogens is 1. The average molecular weight is 456 g/mol. The van der Waals surface area contributed by atoms with Gasteiger partial charge in [-0.15, -0.1) is 0 Å². The third kappa shape index (κ3) is 4.40. The fourth-order valence-electron chi connectivity index (χ4n) is 3.15. The van der Waals surface area contributed by atoms with Crippen LogP contribution in [0.1, 0.15) is 34.5 Å². The number of hydrogen-bond donors (Lipinski definition) is 2. The smallest absolute Gasteiger partial charge is 0.255 e. The Morgan fingerprint density at radius 2 is 2.00 bits per heavy atom. The van der Waals surface area contributed by atoms with Crippen LogP contribution < -0.4 is 15.8 Å². The number of benzene rings is 2. The third-order valence-corrected chi connectivity index (χ3v) is 6.44. The molecule has 0 bridgehead atoms.